The van der Waals surface area contributed by atoms with Gasteiger partial charge in [0.15, 0.2) is 11.5 Å². The van der Waals surface area contributed by atoms with E-state index in [-0.39, 0.29) is 0 Å². The van der Waals surface area contributed by atoms with Gasteiger partial charge < -0.3 is 4.57 Å². The van der Waals surface area contributed by atoms with E-state index in [1.165, 1.54) is 32.8 Å². The van der Waals surface area contributed by atoms with E-state index < -0.39 is 0 Å². The van der Waals surface area contributed by atoms with Crippen molar-refractivity contribution < 1.29 is 0 Å². The highest BCUT2D eigenvalue weighted by Crippen LogP contribution is 2.34. The van der Waals surface area contributed by atoms with Gasteiger partial charge in [0, 0.05) is 39.2 Å². The summed E-state index contributed by atoms with van der Waals surface area (Å²) in [5.74, 6) is 0.830. The SMILES string of the molecule is c1ccc(-c2cn3c(-c4ccc(-n5c6ccccc6c6ccccc65)cc4)nnc3c3ccccc23)cc1. The molecule has 0 saturated carbocycles. The van der Waals surface area contributed by atoms with Crippen LogP contribution in [-0.2, 0) is 0 Å². The molecule has 0 saturated heterocycles. The minimum atomic E-state index is 0.830. The van der Waals surface area contributed by atoms with Crippen molar-refractivity contribution in [1.82, 2.24) is 19.2 Å². The van der Waals surface area contributed by atoms with Crippen LogP contribution in [0.4, 0.5) is 0 Å². The number of aromatic nitrogens is 4. The Morgan fingerprint density at radius 3 is 1.71 bits per heavy atom. The first kappa shape index (κ1) is 20.9. The first-order chi connectivity index (χ1) is 18.9. The molecule has 3 heterocycles. The van der Waals surface area contributed by atoms with E-state index in [2.05, 4.69) is 147 Å². The van der Waals surface area contributed by atoms with Crippen LogP contribution in [0.2, 0.25) is 0 Å². The maximum atomic E-state index is 4.65. The van der Waals surface area contributed by atoms with E-state index in [1.54, 1.807) is 0 Å². The van der Waals surface area contributed by atoms with Gasteiger partial charge in [0.05, 0.1) is 11.0 Å². The van der Waals surface area contributed by atoms with Crippen LogP contribution < -0.4 is 0 Å². The number of fused-ring (bicyclic) bond motifs is 6. The fraction of sp³-hybridized carbons (Fsp3) is 0. The van der Waals surface area contributed by atoms with Crippen LogP contribution in [-0.4, -0.2) is 19.2 Å². The van der Waals surface area contributed by atoms with Gasteiger partial charge in [-0.3, -0.25) is 4.40 Å². The summed E-state index contributed by atoms with van der Waals surface area (Å²) < 4.78 is 4.46. The van der Waals surface area contributed by atoms with Gasteiger partial charge in [0.25, 0.3) is 0 Å². The number of pyridine rings is 1. The summed E-state index contributed by atoms with van der Waals surface area (Å²) in [5, 5.41) is 14.1. The van der Waals surface area contributed by atoms with Crippen molar-refractivity contribution in [3.63, 3.8) is 0 Å². The van der Waals surface area contributed by atoms with Crippen molar-refractivity contribution in [1.29, 1.82) is 0 Å². The molecule has 0 aliphatic carbocycles. The molecule has 0 fully saturated rings. The van der Waals surface area contributed by atoms with Gasteiger partial charge in [-0.05, 0) is 47.3 Å². The highest BCUT2D eigenvalue weighted by Gasteiger charge is 2.16. The molecule has 178 valence electrons. The molecule has 0 spiro atoms. The highest BCUT2D eigenvalue weighted by atomic mass is 15.2. The van der Waals surface area contributed by atoms with Gasteiger partial charge in [-0.25, -0.2) is 0 Å². The van der Waals surface area contributed by atoms with E-state index in [0.29, 0.717) is 0 Å². The summed E-state index contributed by atoms with van der Waals surface area (Å²) >= 11 is 0. The fourth-order valence-corrected chi connectivity index (χ4v) is 5.71. The minimum absolute atomic E-state index is 0.830. The lowest BCUT2D eigenvalue weighted by atomic mass is 10.0. The Bertz CT molecular complexity index is 2060. The molecule has 0 atom stereocenters. The second kappa shape index (κ2) is 8.15. The summed E-state index contributed by atoms with van der Waals surface area (Å²) in [7, 11) is 0. The third-order valence-corrected chi connectivity index (χ3v) is 7.46. The van der Waals surface area contributed by atoms with Crippen molar-refractivity contribution in [2.45, 2.75) is 0 Å². The first-order valence-corrected chi connectivity index (χ1v) is 12.8. The van der Waals surface area contributed by atoms with E-state index in [4.69, 9.17) is 0 Å². The Labute approximate surface area is 219 Å². The zero-order valence-corrected chi connectivity index (χ0v) is 20.5. The third kappa shape index (κ3) is 3.04. The van der Waals surface area contributed by atoms with Crippen molar-refractivity contribution in [3.05, 3.63) is 134 Å². The smallest absolute Gasteiger partial charge is 0.169 e. The summed E-state index contributed by atoms with van der Waals surface area (Å²) in [4.78, 5) is 0. The van der Waals surface area contributed by atoms with Crippen LogP contribution in [0.15, 0.2) is 134 Å². The van der Waals surface area contributed by atoms with Crippen LogP contribution in [0, 0.1) is 0 Å². The Morgan fingerprint density at radius 2 is 1.03 bits per heavy atom. The number of rotatable bonds is 3. The lowest BCUT2D eigenvalue weighted by Gasteiger charge is -2.11. The zero-order chi connectivity index (χ0) is 25.1. The van der Waals surface area contributed by atoms with Crippen molar-refractivity contribution in [3.8, 4) is 28.2 Å². The second-order valence-corrected chi connectivity index (χ2v) is 9.59. The zero-order valence-electron chi connectivity index (χ0n) is 20.5. The number of para-hydroxylation sites is 2. The average Bonchev–Trinajstić information content (AvgIpc) is 3.57. The molecule has 4 nitrogen and oxygen atoms in total. The Hall–Kier alpha value is -5.22. The predicted molar refractivity (Wildman–Crippen MR) is 156 cm³/mol. The van der Waals surface area contributed by atoms with Gasteiger partial charge in [-0.1, -0.05) is 91.0 Å². The van der Waals surface area contributed by atoms with Crippen molar-refractivity contribution in [2.24, 2.45) is 0 Å². The van der Waals surface area contributed by atoms with Crippen LogP contribution in [0.3, 0.4) is 0 Å². The second-order valence-electron chi connectivity index (χ2n) is 9.59. The summed E-state index contributed by atoms with van der Waals surface area (Å²) in [6.45, 7) is 0. The topological polar surface area (TPSA) is 35.1 Å². The molecule has 5 aromatic carbocycles. The molecule has 3 aromatic heterocycles. The molecule has 0 bridgehead atoms. The molecule has 0 aliphatic heterocycles. The number of hydrogen-bond acceptors (Lipinski definition) is 2. The molecule has 0 radical (unpaired) electrons. The molecule has 0 aliphatic rings. The number of nitrogens with zero attached hydrogens (tertiary/aromatic N) is 4. The molecule has 8 aromatic rings. The van der Waals surface area contributed by atoms with E-state index in [1.807, 2.05) is 6.07 Å². The third-order valence-electron chi connectivity index (χ3n) is 7.46. The normalized spacial score (nSPS) is 11.7. The largest absolute Gasteiger partial charge is 0.309 e. The summed E-state index contributed by atoms with van der Waals surface area (Å²) in [6, 6.07) is 44.7. The lowest BCUT2D eigenvalue weighted by Crippen LogP contribution is -1.95. The maximum Gasteiger partial charge on any atom is 0.169 e. The number of benzene rings is 5. The highest BCUT2D eigenvalue weighted by molar-refractivity contribution is 6.09. The summed E-state index contributed by atoms with van der Waals surface area (Å²) in [5.41, 5.74) is 7.75. The Balaban J connectivity index is 1.31. The minimum Gasteiger partial charge on any atom is -0.309 e. The summed E-state index contributed by atoms with van der Waals surface area (Å²) in [6.07, 6.45) is 2.17. The monoisotopic (exact) mass is 486 g/mol. The predicted octanol–water partition coefficient (Wildman–Crippen LogP) is 8.31. The Kier molecular flexibility index (Phi) is 4.49. The molecule has 38 heavy (non-hydrogen) atoms. The quantitative estimate of drug-likeness (QED) is 0.252. The average molecular weight is 487 g/mol. The first-order valence-electron chi connectivity index (χ1n) is 12.8. The van der Waals surface area contributed by atoms with Gasteiger partial charge in [0.2, 0.25) is 0 Å². The fourth-order valence-electron chi connectivity index (χ4n) is 5.71. The van der Waals surface area contributed by atoms with Crippen molar-refractivity contribution >= 4 is 38.2 Å². The van der Waals surface area contributed by atoms with Crippen LogP contribution in [0.1, 0.15) is 0 Å². The van der Waals surface area contributed by atoms with Crippen molar-refractivity contribution in [2.75, 3.05) is 0 Å². The van der Waals surface area contributed by atoms with E-state index in [0.717, 1.165) is 33.7 Å². The molecule has 0 N–H and O–H groups in total. The molecular weight excluding hydrogens is 464 g/mol. The number of hydrogen-bond donors (Lipinski definition) is 0. The van der Waals surface area contributed by atoms with Crippen LogP contribution in [0.25, 0.3) is 66.4 Å². The van der Waals surface area contributed by atoms with E-state index >= 15 is 0 Å². The molecule has 8 rings (SSSR count). The lowest BCUT2D eigenvalue weighted by molar-refractivity contribution is 1.11. The van der Waals surface area contributed by atoms with Gasteiger partial charge in [-0.2, -0.15) is 0 Å². The molecular formula is C34H22N4. The molecule has 4 heteroatoms. The van der Waals surface area contributed by atoms with Gasteiger partial charge >= 0.3 is 0 Å². The maximum absolute atomic E-state index is 4.65. The standard InChI is InChI=1S/C34H22N4/c1-2-10-23(11-3-1)30-22-37-33(35-36-34(37)29-15-5-4-12-26(29)30)24-18-20-25(21-19-24)38-31-16-8-6-13-27(31)28-14-7-9-17-32(28)38/h1-22H. The Morgan fingerprint density at radius 1 is 0.447 bits per heavy atom. The van der Waals surface area contributed by atoms with Crippen LogP contribution >= 0.6 is 0 Å². The van der Waals surface area contributed by atoms with E-state index in [9.17, 15) is 0 Å². The molecule has 0 amide bonds. The van der Waals surface area contributed by atoms with Gasteiger partial charge in [0.1, 0.15) is 0 Å². The van der Waals surface area contributed by atoms with Gasteiger partial charge in [-0.15, -0.1) is 10.2 Å². The van der Waals surface area contributed by atoms with Crippen LogP contribution in [0.5, 0.6) is 0 Å². The molecule has 0 unspecified atom stereocenters.